The summed E-state index contributed by atoms with van der Waals surface area (Å²) in [6.45, 7) is 5.76. The molecule has 2 rings (SSSR count). The summed E-state index contributed by atoms with van der Waals surface area (Å²) in [5, 5.41) is 9.13. The topological polar surface area (TPSA) is 79.5 Å². The maximum Gasteiger partial charge on any atom is 0.255 e. The molecule has 0 spiro atoms. The van der Waals surface area contributed by atoms with E-state index < -0.39 is 0 Å². The van der Waals surface area contributed by atoms with Crippen molar-refractivity contribution in [2.75, 3.05) is 32.8 Å². The van der Waals surface area contributed by atoms with Crippen molar-refractivity contribution in [2.24, 2.45) is 5.92 Å². The molecule has 1 unspecified atom stereocenters. The second-order valence-corrected chi connectivity index (χ2v) is 6.29. The molecule has 6 nitrogen and oxygen atoms in total. The van der Waals surface area contributed by atoms with Crippen LogP contribution in [-0.4, -0.2) is 44.6 Å². The van der Waals surface area contributed by atoms with Crippen molar-refractivity contribution in [3.8, 4) is 5.75 Å². The van der Waals surface area contributed by atoms with Gasteiger partial charge in [-0.15, -0.1) is 0 Å². The molecule has 3 N–H and O–H groups in total. The largest absolute Gasteiger partial charge is 0.493 e. The van der Waals surface area contributed by atoms with E-state index in [-0.39, 0.29) is 11.8 Å². The van der Waals surface area contributed by atoms with Gasteiger partial charge in [-0.05, 0) is 57.3 Å². The van der Waals surface area contributed by atoms with Crippen LogP contribution in [0, 0.1) is 5.92 Å². The van der Waals surface area contributed by atoms with Gasteiger partial charge in [0, 0.05) is 19.5 Å². The summed E-state index contributed by atoms with van der Waals surface area (Å²) in [4.78, 5) is 24.0. The Balaban J connectivity index is 1.60. The maximum absolute atomic E-state index is 12.2. The zero-order valence-electron chi connectivity index (χ0n) is 15.0. The lowest BCUT2D eigenvalue weighted by Gasteiger charge is -2.11. The Morgan fingerprint density at radius 2 is 2.08 bits per heavy atom. The first kappa shape index (κ1) is 19.2. The van der Waals surface area contributed by atoms with Crippen molar-refractivity contribution in [3.63, 3.8) is 0 Å². The van der Waals surface area contributed by atoms with Crippen LogP contribution in [0.5, 0.6) is 5.75 Å². The molecule has 0 bridgehead atoms. The van der Waals surface area contributed by atoms with Crippen LogP contribution in [0.2, 0.25) is 0 Å². The normalized spacial score (nSPS) is 16.4. The monoisotopic (exact) mass is 347 g/mol. The molecule has 0 aliphatic carbocycles. The minimum Gasteiger partial charge on any atom is -0.493 e. The van der Waals surface area contributed by atoms with Crippen LogP contribution in [0.15, 0.2) is 24.3 Å². The van der Waals surface area contributed by atoms with Crippen LogP contribution >= 0.6 is 0 Å². The number of nitrogens with one attached hydrogen (secondary N) is 3. The number of ether oxygens (including phenoxy) is 1. The summed E-state index contributed by atoms with van der Waals surface area (Å²) in [6, 6.07) is 7.18. The lowest BCUT2D eigenvalue weighted by molar-refractivity contribution is -0.121. The average Bonchev–Trinajstić information content (AvgIpc) is 3.13. The molecule has 1 aromatic carbocycles. The summed E-state index contributed by atoms with van der Waals surface area (Å²) < 4.78 is 5.46. The van der Waals surface area contributed by atoms with Crippen LogP contribution in [0.4, 0.5) is 0 Å². The van der Waals surface area contributed by atoms with Crippen molar-refractivity contribution in [2.45, 2.75) is 32.6 Å². The molecule has 1 aliphatic heterocycles. The van der Waals surface area contributed by atoms with Crippen LogP contribution < -0.4 is 20.7 Å². The Kier molecular flexibility index (Phi) is 8.25. The molecule has 6 heteroatoms. The van der Waals surface area contributed by atoms with Crippen molar-refractivity contribution in [1.82, 2.24) is 16.0 Å². The fourth-order valence-electron chi connectivity index (χ4n) is 2.95. The Hall–Kier alpha value is -2.08. The van der Waals surface area contributed by atoms with E-state index >= 15 is 0 Å². The van der Waals surface area contributed by atoms with Gasteiger partial charge in [0.05, 0.1) is 12.2 Å². The zero-order chi connectivity index (χ0) is 17.9. The Bertz CT molecular complexity index is 557. The van der Waals surface area contributed by atoms with E-state index in [1.807, 2.05) is 19.1 Å². The third kappa shape index (κ3) is 6.74. The minimum absolute atomic E-state index is 0.0509. The number of hydrogen-bond donors (Lipinski definition) is 3. The predicted octanol–water partition coefficient (Wildman–Crippen LogP) is 1.71. The minimum atomic E-state index is -0.168. The molecule has 0 radical (unpaired) electrons. The molecule has 1 atom stereocenters. The fourth-order valence-corrected chi connectivity index (χ4v) is 2.95. The highest BCUT2D eigenvalue weighted by Crippen LogP contribution is 2.17. The summed E-state index contributed by atoms with van der Waals surface area (Å²) >= 11 is 0. The quantitative estimate of drug-likeness (QED) is 0.563. The molecule has 2 amide bonds. The van der Waals surface area contributed by atoms with Gasteiger partial charge in [0.15, 0.2) is 0 Å². The summed E-state index contributed by atoms with van der Waals surface area (Å²) in [7, 11) is 0. The highest BCUT2D eigenvalue weighted by Gasteiger charge is 2.14. The smallest absolute Gasteiger partial charge is 0.255 e. The van der Waals surface area contributed by atoms with Crippen molar-refractivity contribution >= 4 is 11.8 Å². The third-order valence-electron chi connectivity index (χ3n) is 4.33. The molecule has 1 aromatic rings. The van der Waals surface area contributed by atoms with E-state index in [1.54, 1.807) is 12.1 Å². The molecule has 1 heterocycles. The first-order chi connectivity index (χ1) is 12.2. The van der Waals surface area contributed by atoms with Gasteiger partial charge in [-0.3, -0.25) is 9.59 Å². The zero-order valence-corrected chi connectivity index (χ0v) is 15.0. The molecule has 1 saturated heterocycles. The van der Waals surface area contributed by atoms with Gasteiger partial charge in [0.2, 0.25) is 5.91 Å². The highest BCUT2D eigenvalue weighted by atomic mass is 16.5. The number of benzene rings is 1. The molecule has 0 aromatic heterocycles. The fraction of sp³-hybridized carbons (Fsp3) is 0.579. The second-order valence-electron chi connectivity index (χ2n) is 6.29. The number of carbonyl (C=O) groups is 2. The van der Waals surface area contributed by atoms with E-state index in [9.17, 15) is 9.59 Å². The second kappa shape index (κ2) is 10.7. The Morgan fingerprint density at radius 1 is 1.24 bits per heavy atom. The van der Waals surface area contributed by atoms with Crippen LogP contribution in [0.1, 0.15) is 43.0 Å². The third-order valence-corrected chi connectivity index (χ3v) is 4.33. The number of carbonyl (C=O) groups excluding carboxylic acids is 2. The predicted molar refractivity (Wildman–Crippen MR) is 97.8 cm³/mol. The van der Waals surface area contributed by atoms with E-state index in [1.165, 1.54) is 6.42 Å². The van der Waals surface area contributed by atoms with Gasteiger partial charge < -0.3 is 20.7 Å². The lowest BCUT2D eigenvalue weighted by atomic mass is 10.1. The maximum atomic E-state index is 12.2. The Morgan fingerprint density at radius 3 is 2.84 bits per heavy atom. The van der Waals surface area contributed by atoms with E-state index in [0.29, 0.717) is 43.2 Å². The van der Waals surface area contributed by atoms with E-state index in [2.05, 4.69) is 16.0 Å². The number of hydrogen-bond acceptors (Lipinski definition) is 4. The van der Waals surface area contributed by atoms with Gasteiger partial charge in [0.25, 0.3) is 5.91 Å². The van der Waals surface area contributed by atoms with Gasteiger partial charge in [-0.25, -0.2) is 0 Å². The standard InChI is InChI=1S/C19H29N3O3/c1-2-25-17-7-4-3-6-16(17)19(24)22-11-5-8-18(23)21-13-10-15-9-12-20-14-15/h3-4,6-7,15,20H,2,5,8-14H2,1H3,(H,21,23)(H,22,24). The van der Waals surface area contributed by atoms with Crippen molar-refractivity contribution in [3.05, 3.63) is 29.8 Å². The summed E-state index contributed by atoms with van der Waals surface area (Å²) in [5.41, 5.74) is 0.527. The first-order valence-electron chi connectivity index (χ1n) is 9.18. The van der Waals surface area contributed by atoms with Crippen LogP contribution in [-0.2, 0) is 4.79 Å². The van der Waals surface area contributed by atoms with Crippen molar-refractivity contribution < 1.29 is 14.3 Å². The molecule has 1 aliphatic rings. The number of rotatable bonds is 10. The lowest BCUT2D eigenvalue weighted by Crippen LogP contribution is -2.29. The SMILES string of the molecule is CCOc1ccccc1C(=O)NCCCC(=O)NCCC1CCNC1. The molecule has 25 heavy (non-hydrogen) atoms. The summed E-state index contributed by atoms with van der Waals surface area (Å²) in [6.07, 6.45) is 3.28. The summed E-state index contributed by atoms with van der Waals surface area (Å²) in [5.74, 6) is 1.15. The number of amides is 2. The average molecular weight is 347 g/mol. The van der Waals surface area contributed by atoms with E-state index in [4.69, 9.17) is 4.74 Å². The highest BCUT2D eigenvalue weighted by molar-refractivity contribution is 5.96. The van der Waals surface area contributed by atoms with Gasteiger partial charge >= 0.3 is 0 Å². The van der Waals surface area contributed by atoms with Gasteiger partial charge in [0.1, 0.15) is 5.75 Å². The van der Waals surface area contributed by atoms with Crippen LogP contribution in [0.3, 0.4) is 0 Å². The first-order valence-corrected chi connectivity index (χ1v) is 9.18. The van der Waals surface area contributed by atoms with Crippen LogP contribution in [0.25, 0.3) is 0 Å². The molecular weight excluding hydrogens is 318 g/mol. The van der Waals surface area contributed by atoms with E-state index in [0.717, 1.165) is 26.1 Å². The number of para-hydroxylation sites is 1. The molecule has 1 fully saturated rings. The molecule has 0 saturated carbocycles. The van der Waals surface area contributed by atoms with Crippen molar-refractivity contribution in [1.29, 1.82) is 0 Å². The van der Waals surface area contributed by atoms with Gasteiger partial charge in [-0.1, -0.05) is 12.1 Å². The van der Waals surface area contributed by atoms with Gasteiger partial charge in [-0.2, -0.15) is 0 Å². The molecule has 138 valence electrons. The molecular formula is C19H29N3O3. The Labute approximate surface area is 149 Å².